The molecule has 116 valence electrons. The Morgan fingerprint density at radius 3 is 2.71 bits per heavy atom. The summed E-state index contributed by atoms with van der Waals surface area (Å²) < 4.78 is 5.75. The van der Waals surface area contributed by atoms with Crippen LogP contribution in [0.25, 0.3) is 0 Å². The monoisotopic (exact) mass is 310 g/mol. The minimum absolute atomic E-state index is 0. The number of ether oxygens (including phenoxy) is 1. The average Bonchev–Trinajstić information content (AvgIpc) is 2.86. The Balaban J connectivity index is 0.00000161. The molecule has 1 heterocycles. The van der Waals surface area contributed by atoms with Crippen molar-refractivity contribution in [2.45, 2.75) is 38.8 Å². The van der Waals surface area contributed by atoms with Crippen molar-refractivity contribution in [2.75, 3.05) is 12.3 Å². The maximum Gasteiger partial charge on any atom is 0.224 e. The van der Waals surface area contributed by atoms with E-state index in [0.29, 0.717) is 18.4 Å². The Bertz CT molecular complexity index is 516. The van der Waals surface area contributed by atoms with Crippen molar-refractivity contribution in [2.24, 2.45) is 11.3 Å². The van der Waals surface area contributed by atoms with Crippen molar-refractivity contribution in [1.29, 1.82) is 0 Å². The Morgan fingerprint density at radius 1 is 1.38 bits per heavy atom. The highest BCUT2D eigenvalue weighted by atomic mass is 35.5. The molecule has 0 radical (unpaired) electrons. The standard InChI is InChI=1S/C16H22N2O2.ClH/c1-16(2)14(12-7-8-20-15(12)16)18-13(19)9-10-3-5-11(17)6-4-10;/h3-6,12,14-15H,7-9,17H2,1-2H3,(H,18,19);1H. The molecule has 0 aromatic heterocycles. The van der Waals surface area contributed by atoms with Crippen LogP contribution in [-0.2, 0) is 16.0 Å². The second kappa shape index (κ2) is 5.85. The van der Waals surface area contributed by atoms with Crippen LogP contribution < -0.4 is 11.1 Å². The van der Waals surface area contributed by atoms with Gasteiger partial charge in [-0.1, -0.05) is 26.0 Å². The number of hydrogen-bond acceptors (Lipinski definition) is 3. The third-order valence-corrected chi connectivity index (χ3v) is 4.76. The van der Waals surface area contributed by atoms with Crippen molar-refractivity contribution >= 4 is 24.0 Å². The van der Waals surface area contributed by atoms with Crippen molar-refractivity contribution < 1.29 is 9.53 Å². The summed E-state index contributed by atoms with van der Waals surface area (Å²) >= 11 is 0. The number of fused-ring (bicyclic) bond motifs is 1. The predicted molar refractivity (Wildman–Crippen MR) is 85.4 cm³/mol. The molecule has 3 rings (SSSR count). The number of carbonyl (C=O) groups excluding carboxylic acids is 1. The van der Waals surface area contributed by atoms with Gasteiger partial charge in [0.1, 0.15) is 0 Å². The van der Waals surface area contributed by atoms with Crippen LogP contribution in [0.15, 0.2) is 24.3 Å². The number of nitrogen functional groups attached to an aromatic ring is 1. The molecule has 4 nitrogen and oxygen atoms in total. The van der Waals surface area contributed by atoms with E-state index >= 15 is 0 Å². The van der Waals surface area contributed by atoms with Gasteiger partial charge in [-0.2, -0.15) is 0 Å². The number of hydrogen-bond donors (Lipinski definition) is 2. The van der Waals surface area contributed by atoms with Gasteiger partial charge in [0.05, 0.1) is 12.5 Å². The highest BCUT2D eigenvalue weighted by Crippen LogP contribution is 2.52. The summed E-state index contributed by atoms with van der Waals surface area (Å²) in [7, 11) is 0. The summed E-state index contributed by atoms with van der Waals surface area (Å²) in [4.78, 5) is 12.2. The first-order valence-electron chi connectivity index (χ1n) is 7.24. The fraction of sp³-hybridized carbons (Fsp3) is 0.562. The largest absolute Gasteiger partial charge is 0.399 e. The normalized spacial score (nSPS) is 29.0. The molecule has 2 aliphatic rings. The van der Waals surface area contributed by atoms with E-state index in [0.717, 1.165) is 24.3 Å². The van der Waals surface area contributed by atoms with Crippen LogP contribution in [0.3, 0.4) is 0 Å². The fourth-order valence-corrected chi connectivity index (χ4v) is 3.66. The first-order chi connectivity index (χ1) is 9.48. The molecule has 1 aliphatic heterocycles. The molecule has 1 aromatic rings. The number of rotatable bonds is 3. The SMILES string of the molecule is CC1(C)C(NC(=O)Cc2ccc(N)cc2)C2CCOC21.Cl. The highest BCUT2D eigenvalue weighted by Gasteiger charge is 2.59. The van der Waals surface area contributed by atoms with Crippen LogP contribution in [0.1, 0.15) is 25.8 Å². The third kappa shape index (κ3) is 2.87. The second-order valence-corrected chi connectivity index (χ2v) is 6.53. The minimum Gasteiger partial charge on any atom is -0.399 e. The van der Waals surface area contributed by atoms with Gasteiger partial charge in [0.25, 0.3) is 0 Å². The van der Waals surface area contributed by atoms with Gasteiger partial charge < -0.3 is 15.8 Å². The Hall–Kier alpha value is -1.26. The molecule has 1 amide bonds. The van der Waals surface area contributed by atoms with Gasteiger partial charge >= 0.3 is 0 Å². The molecular weight excluding hydrogens is 288 g/mol. The zero-order valence-electron chi connectivity index (χ0n) is 12.5. The number of nitrogens with one attached hydrogen (secondary N) is 1. The quantitative estimate of drug-likeness (QED) is 0.841. The lowest BCUT2D eigenvalue weighted by Gasteiger charge is -2.54. The van der Waals surface area contributed by atoms with E-state index in [1.165, 1.54) is 0 Å². The number of anilines is 1. The van der Waals surface area contributed by atoms with Crippen LogP contribution >= 0.6 is 12.4 Å². The maximum atomic E-state index is 12.2. The molecule has 0 spiro atoms. The number of carbonyl (C=O) groups is 1. The molecule has 21 heavy (non-hydrogen) atoms. The van der Waals surface area contributed by atoms with Gasteiger partial charge in [-0.3, -0.25) is 4.79 Å². The molecule has 1 aromatic carbocycles. The zero-order chi connectivity index (χ0) is 14.3. The minimum atomic E-state index is 0. The van der Waals surface area contributed by atoms with Crippen LogP contribution in [0.5, 0.6) is 0 Å². The predicted octanol–water partition coefficient (Wildman–Crippen LogP) is 2.16. The summed E-state index contributed by atoms with van der Waals surface area (Å²) in [5.74, 6) is 0.568. The zero-order valence-corrected chi connectivity index (χ0v) is 13.3. The molecule has 1 saturated heterocycles. The van der Waals surface area contributed by atoms with Crippen LogP contribution in [0.2, 0.25) is 0 Å². The van der Waals surface area contributed by atoms with E-state index in [1.807, 2.05) is 24.3 Å². The summed E-state index contributed by atoms with van der Waals surface area (Å²) in [6.45, 7) is 5.17. The molecule has 3 N–H and O–H groups in total. The van der Waals surface area contributed by atoms with E-state index in [1.54, 1.807) is 0 Å². The number of amides is 1. The van der Waals surface area contributed by atoms with Gasteiger partial charge in [-0.05, 0) is 24.1 Å². The van der Waals surface area contributed by atoms with Crippen molar-refractivity contribution in [3.05, 3.63) is 29.8 Å². The lowest BCUT2D eigenvalue weighted by atomic mass is 9.57. The van der Waals surface area contributed by atoms with E-state index in [9.17, 15) is 4.79 Å². The van der Waals surface area contributed by atoms with E-state index in [2.05, 4.69) is 19.2 Å². The molecule has 3 atom stereocenters. The smallest absolute Gasteiger partial charge is 0.224 e. The summed E-state index contributed by atoms with van der Waals surface area (Å²) in [5.41, 5.74) is 7.40. The molecule has 0 bridgehead atoms. The van der Waals surface area contributed by atoms with Crippen LogP contribution in [0, 0.1) is 11.3 Å². The van der Waals surface area contributed by atoms with Gasteiger partial charge in [0.2, 0.25) is 5.91 Å². The topological polar surface area (TPSA) is 64.4 Å². The van der Waals surface area contributed by atoms with Gasteiger partial charge in [-0.15, -0.1) is 12.4 Å². The molecule has 1 saturated carbocycles. The third-order valence-electron chi connectivity index (χ3n) is 4.76. The first-order valence-corrected chi connectivity index (χ1v) is 7.24. The molecule has 2 fully saturated rings. The van der Waals surface area contributed by atoms with Gasteiger partial charge in [0.15, 0.2) is 0 Å². The first kappa shape index (κ1) is 16.1. The second-order valence-electron chi connectivity index (χ2n) is 6.53. The fourth-order valence-electron chi connectivity index (χ4n) is 3.66. The maximum absolute atomic E-state index is 12.2. The number of nitrogens with two attached hydrogens (primary N) is 1. The molecule has 3 unspecified atom stereocenters. The lowest BCUT2D eigenvalue weighted by Crippen LogP contribution is -2.66. The number of benzene rings is 1. The van der Waals surface area contributed by atoms with Crippen LogP contribution in [-0.4, -0.2) is 24.7 Å². The van der Waals surface area contributed by atoms with E-state index in [4.69, 9.17) is 10.5 Å². The van der Waals surface area contributed by atoms with Crippen LogP contribution in [0.4, 0.5) is 5.69 Å². The lowest BCUT2D eigenvalue weighted by molar-refractivity contribution is -0.137. The summed E-state index contributed by atoms with van der Waals surface area (Å²) in [6, 6.07) is 7.70. The van der Waals surface area contributed by atoms with Crippen molar-refractivity contribution in [3.8, 4) is 0 Å². The summed E-state index contributed by atoms with van der Waals surface area (Å²) in [6.07, 6.45) is 1.77. The molecule has 5 heteroatoms. The Labute approximate surface area is 131 Å². The Kier molecular flexibility index (Phi) is 4.49. The van der Waals surface area contributed by atoms with Crippen molar-refractivity contribution in [3.63, 3.8) is 0 Å². The van der Waals surface area contributed by atoms with Crippen molar-refractivity contribution in [1.82, 2.24) is 5.32 Å². The van der Waals surface area contributed by atoms with Gasteiger partial charge in [-0.25, -0.2) is 0 Å². The van der Waals surface area contributed by atoms with Gasteiger partial charge in [0, 0.05) is 29.7 Å². The average molecular weight is 311 g/mol. The highest BCUT2D eigenvalue weighted by molar-refractivity contribution is 5.85. The summed E-state index contributed by atoms with van der Waals surface area (Å²) in [5, 5.41) is 3.19. The molecule has 1 aliphatic carbocycles. The van der Waals surface area contributed by atoms with E-state index < -0.39 is 0 Å². The Morgan fingerprint density at radius 2 is 2.05 bits per heavy atom. The van der Waals surface area contributed by atoms with E-state index in [-0.39, 0.29) is 29.8 Å². The molecular formula is C16H23ClN2O2. The number of halogens is 1.